The Bertz CT molecular complexity index is 2540. The first-order valence-electron chi connectivity index (χ1n) is 17.3. The number of hydrogen-bond acceptors (Lipinski definition) is 0. The summed E-state index contributed by atoms with van der Waals surface area (Å²) in [6, 6.07) is 52.1. The zero-order valence-corrected chi connectivity index (χ0v) is 28.1. The van der Waals surface area contributed by atoms with Crippen molar-refractivity contribution in [2.45, 2.75) is 6.67 Å². The predicted octanol–water partition coefficient (Wildman–Crippen LogP) is 7.37. The van der Waals surface area contributed by atoms with Gasteiger partial charge in [0.25, 0.3) is 0 Å². The van der Waals surface area contributed by atoms with E-state index in [-0.39, 0.29) is 0 Å². The summed E-state index contributed by atoms with van der Waals surface area (Å²) in [5.74, 6) is 0. The predicted molar refractivity (Wildman–Crippen MR) is 206 cm³/mol. The van der Waals surface area contributed by atoms with Crippen LogP contribution in [0.5, 0.6) is 0 Å². The highest BCUT2D eigenvalue weighted by atomic mass is 15.2. The van der Waals surface area contributed by atoms with Crippen LogP contribution in [0.15, 0.2) is 181 Å². The molecule has 10 rings (SSSR count). The van der Waals surface area contributed by atoms with Crippen LogP contribution in [0.4, 0.5) is 0 Å². The Morgan fingerprint density at radius 1 is 0.373 bits per heavy atom. The minimum atomic E-state index is 0.587. The molecule has 4 heteroatoms. The zero-order valence-electron chi connectivity index (χ0n) is 28.1. The van der Waals surface area contributed by atoms with Crippen LogP contribution in [0.1, 0.15) is 33.6 Å². The van der Waals surface area contributed by atoms with Crippen LogP contribution in [0.2, 0.25) is 0 Å². The van der Waals surface area contributed by atoms with Crippen molar-refractivity contribution in [1.29, 1.82) is 0 Å². The third kappa shape index (κ3) is 4.40. The van der Waals surface area contributed by atoms with Crippen molar-refractivity contribution in [1.82, 2.24) is 9.13 Å². The van der Waals surface area contributed by atoms with Gasteiger partial charge >= 0.3 is 0 Å². The van der Waals surface area contributed by atoms with E-state index in [9.17, 15) is 0 Å². The molecule has 6 heterocycles. The van der Waals surface area contributed by atoms with Crippen LogP contribution >= 0.6 is 0 Å². The molecule has 0 unspecified atom stereocenters. The van der Waals surface area contributed by atoms with Crippen LogP contribution in [0, 0.1) is 14.1 Å². The second-order valence-corrected chi connectivity index (χ2v) is 13.2. The van der Waals surface area contributed by atoms with Crippen molar-refractivity contribution in [2.24, 2.45) is 0 Å². The SMILES string of the molecule is [CH2-][N+]1=C2C=CC1=C(c1ccccc1)c1ccc3n1Cn1c(ccc1=C(c1ccccc1)C1=[N+]([CH2-])C(=C3c3ccccc3)C=C1)=C2c1ccccc1. The fourth-order valence-corrected chi connectivity index (χ4v) is 8.19. The smallest absolute Gasteiger partial charge is 0.114 e. The Morgan fingerprint density at radius 3 is 1.10 bits per heavy atom. The van der Waals surface area contributed by atoms with Crippen molar-refractivity contribution in [3.05, 3.63) is 240 Å². The summed E-state index contributed by atoms with van der Waals surface area (Å²) in [5, 5.41) is 2.24. The first kappa shape index (κ1) is 29.2. The molecule has 4 aliphatic rings. The monoisotopic (exact) mass is 654 g/mol. The Balaban J connectivity index is 1.46. The van der Waals surface area contributed by atoms with Crippen molar-refractivity contribution >= 4 is 33.7 Å². The molecular weight excluding hydrogens is 621 g/mol. The highest BCUT2D eigenvalue weighted by Gasteiger charge is 2.30. The highest BCUT2D eigenvalue weighted by molar-refractivity contribution is 6.28. The lowest BCUT2D eigenvalue weighted by molar-refractivity contribution is -0.396. The lowest BCUT2D eigenvalue weighted by Gasteiger charge is -2.25. The molecule has 0 aliphatic carbocycles. The van der Waals surface area contributed by atoms with E-state index in [2.05, 4.69) is 188 Å². The topological polar surface area (TPSA) is 15.9 Å². The fraction of sp³-hybridized carbons (Fsp3) is 0.0213. The lowest BCUT2D eigenvalue weighted by Crippen LogP contribution is -2.37. The van der Waals surface area contributed by atoms with Gasteiger partial charge in [-0.3, -0.25) is 0 Å². The minimum Gasteiger partial charge on any atom is -0.326 e. The Labute approximate surface area is 297 Å². The Hall–Kier alpha value is -6.78. The maximum atomic E-state index is 4.74. The zero-order chi connectivity index (χ0) is 34.1. The first-order valence-corrected chi connectivity index (χ1v) is 17.3. The maximum absolute atomic E-state index is 4.74. The van der Waals surface area contributed by atoms with E-state index in [0.717, 1.165) is 89.4 Å². The number of allylic oxidation sites excluding steroid dienone is 4. The molecule has 0 radical (unpaired) electrons. The van der Waals surface area contributed by atoms with E-state index in [0.29, 0.717) is 6.67 Å². The van der Waals surface area contributed by atoms with E-state index in [1.807, 2.05) is 0 Å². The normalized spacial score (nSPS) is 16.2. The largest absolute Gasteiger partial charge is 0.326 e. The summed E-state index contributed by atoms with van der Waals surface area (Å²) >= 11 is 0. The summed E-state index contributed by atoms with van der Waals surface area (Å²) in [4.78, 5) is 0. The summed E-state index contributed by atoms with van der Waals surface area (Å²) in [6.07, 6.45) is 8.94. The van der Waals surface area contributed by atoms with Crippen LogP contribution in [0.3, 0.4) is 0 Å². The van der Waals surface area contributed by atoms with Crippen molar-refractivity contribution < 1.29 is 9.15 Å². The number of benzene rings is 4. The van der Waals surface area contributed by atoms with Crippen LogP contribution < -0.4 is 10.7 Å². The molecule has 51 heavy (non-hydrogen) atoms. The molecule has 0 spiro atoms. The molecule has 4 nitrogen and oxygen atoms in total. The van der Waals surface area contributed by atoms with Crippen LogP contribution in [-0.2, 0) is 6.67 Å². The average molecular weight is 655 g/mol. The molecule has 0 saturated heterocycles. The molecule has 0 fully saturated rings. The van der Waals surface area contributed by atoms with Gasteiger partial charge in [-0.15, -0.1) is 0 Å². The number of aromatic nitrogens is 2. The number of hydrogen-bond donors (Lipinski definition) is 0. The Morgan fingerprint density at radius 2 is 0.725 bits per heavy atom. The number of nitrogens with zero attached hydrogens (tertiary/aromatic N) is 4. The van der Waals surface area contributed by atoms with Crippen molar-refractivity contribution in [2.75, 3.05) is 0 Å². The first-order chi connectivity index (χ1) is 25.2. The summed E-state index contributed by atoms with van der Waals surface area (Å²) in [6.45, 7) is 0.587. The molecular formula is C47H34N4. The fourth-order valence-electron chi connectivity index (χ4n) is 8.19. The summed E-state index contributed by atoms with van der Waals surface area (Å²) < 4.78 is 9.26. The van der Waals surface area contributed by atoms with Crippen LogP contribution in [-0.4, -0.2) is 29.7 Å². The summed E-state index contributed by atoms with van der Waals surface area (Å²) in [5.41, 5.74) is 15.6. The van der Waals surface area contributed by atoms with Gasteiger partial charge < -0.3 is 18.3 Å². The molecule has 6 bridgehead atoms. The van der Waals surface area contributed by atoms with Gasteiger partial charge in [0.2, 0.25) is 0 Å². The van der Waals surface area contributed by atoms with Gasteiger partial charge in [-0.05, 0) is 46.5 Å². The van der Waals surface area contributed by atoms with Gasteiger partial charge in [0.1, 0.15) is 22.8 Å². The van der Waals surface area contributed by atoms with E-state index in [4.69, 9.17) is 14.1 Å². The van der Waals surface area contributed by atoms with Gasteiger partial charge in [-0.25, -0.2) is 0 Å². The molecule has 242 valence electrons. The average Bonchev–Trinajstić information content (AvgIpc) is 3.96. The molecule has 0 atom stereocenters. The maximum Gasteiger partial charge on any atom is 0.114 e. The van der Waals surface area contributed by atoms with E-state index >= 15 is 0 Å². The van der Waals surface area contributed by atoms with Gasteiger partial charge in [-0.2, -0.15) is 0 Å². The van der Waals surface area contributed by atoms with Gasteiger partial charge in [-0.1, -0.05) is 146 Å². The standard InChI is InChI=1S/C47H34N4/c1-48-36-23-24-37(48)45(33-17-9-4-10-18-33)41-28-30-43-47(35-21-13-6-14-22-35)39-26-25-38(49(39)2)46(34-19-11-5-12-20-34)42-29-27-40(50(42)31-51(41)43)44(36)32-15-7-3-8-16-32/h3-30H,1-2,31H2. The number of rotatable bonds is 4. The Kier molecular flexibility index (Phi) is 6.52. The van der Waals surface area contributed by atoms with Crippen molar-refractivity contribution in [3.8, 4) is 0 Å². The van der Waals surface area contributed by atoms with Crippen LogP contribution in [0.25, 0.3) is 22.3 Å². The van der Waals surface area contributed by atoms with Gasteiger partial charge in [0.15, 0.2) is 0 Å². The molecule has 2 aromatic heterocycles. The quantitative estimate of drug-likeness (QED) is 0.140. The molecule has 0 saturated carbocycles. The molecule has 0 amide bonds. The third-order valence-corrected chi connectivity index (χ3v) is 10.5. The second-order valence-electron chi connectivity index (χ2n) is 13.2. The van der Waals surface area contributed by atoms with Gasteiger partial charge in [0, 0.05) is 58.5 Å². The van der Waals surface area contributed by atoms with Gasteiger partial charge in [0.05, 0.1) is 6.67 Å². The van der Waals surface area contributed by atoms with E-state index in [1.54, 1.807) is 0 Å². The number of fused-ring (bicyclic) bond motifs is 2. The molecule has 4 aromatic carbocycles. The highest BCUT2D eigenvalue weighted by Crippen LogP contribution is 2.38. The van der Waals surface area contributed by atoms with E-state index in [1.165, 1.54) is 0 Å². The molecule has 0 N–H and O–H groups in total. The van der Waals surface area contributed by atoms with E-state index < -0.39 is 0 Å². The molecule has 6 aromatic rings. The second kappa shape index (κ2) is 11.4. The minimum absolute atomic E-state index is 0.587. The molecule has 4 aliphatic heterocycles. The third-order valence-electron chi connectivity index (χ3n) is 10.5. The van der Waals surface area contributed by atoms with Crippen molar-refractivity contribution in [3.63, 3.8) is 0 Å². The summed E-state index contributed by atoms with van der Waals surface area (Å²) in [7, 11) is 9.47. The lowest BCUT2D eigenvalue weighted by atomic mass is 9.99.